The molecular weight excluding hydrogens is 328 g/mol. The summed E-state index contributed by atoms with van der Waals surface area (Å²) in [7, 11) is 1.82. The Morgan fingerprint density at radius 1 is 1.32 bits per heavy atom. The van der Waals surface area contributed by atoms with Crippen molar-refractivity contribution in [1.29, 1.82) is 0 Å². The molecule has 1 saturated carbocycles. The molecule has 0 amide bonds. The van der Waals surface area contributed by atoms with Gasteiger partial charge in [0.2, 0.25) is 5.92 Å². The van der Waals surface area contributed by atoms with Crippen LogP contribution in [0.5, 0.6) is 0 Å². The van der Waals surface area contributed by atoms with E-state index in [9.17, 15) is 18.7 Å². The molecule has 4 rings (SSSR count). The maximum Gasteiger partial charge on any atom is 0.335 e. The fraction of sp³-hybridized carbons (Fsp3) is 0.444. The van der Waals surface area contributed by atoms with Gasteiger partial charge < -0.3 is 9.67 Å². The summed E-state index contributed by atoms with van der Waals surface area (Å²) in [5.41, 5.74) is 1.91. The Hall–Kier alpha value is -2.44. The molecule has 1 aliphatic carbocycles. The number of nitrogens with zero attached hydrogens (tertiary/aromatic N) is 3. The average molecular weight is 347 g/mol. The number of hydrogen-bond acceptors (Lipinski definition) is 2. The minimum atomic E-state index is -2.54. The van der Waals surface area contributed by atoms with Crippen molar-refractivity contribution >= 4 is 27.9 Å². The third-order valence-corrected chi connectivity index (χ3v) is 5.17. The van der Waals surface area contributed by atoms with Gasteiger partial charge in [0, 0.05) is 43.4 Å². The van der Waals surface area contributed by atoms with Gasteiger partial charge in [-0.15, -0.1) is 0 Å². The van der Waals surface area contributed by atoms with Gasteiger partial charge in [-0.05, 0) is 37.0 Å². The number of hydrogen-bond donors (Lipinski definition) is 1. The highest BCUT2D eigenvalue weighted by Crippen LogP contribution is 2.38. The standard InChI is InChI=1S/C18H19F2N3O2/c1-22-10-14-13-8-12(17(24)25)2-3-15(13)23(16(14)21-22)9-11-4-6-18(19,20)7-5-11/h2-3,8,10-11H,4-7,9H2,1H3,(H,24,25). The highest BCUT2D eigenvalue weighted by molar-refractivity contribution is 6.08. The zero-order chi connectivity index (χ0) is 17.8. The van der Waals surface area contributed by atoms with E-state index in [0.29, 0.717) is 19.4 Å². The van der Waals surface area contributed by atoms with Crippen molar-refractivity contribution in [2.24, 2.45) is 13.0 Å². The smallest absolute Gasteiger partial charge is 0.335 e. The summed E-state index contributed by atoms with van der Waals surface area (Å²) in [6.07, 6.45) is 2.73. The van der Waals surface area contributed by atoms with E-state index in [1.54, 1.807) is 22.9 Å². The van der Waals surface area contributed by atoms with E-state index in [1.807, 2.05) is 17.8 Å². The number of carboxylic acid groups (broad SMARTS) is 1. The lowest BCUT2D eigenvalue weighted by molar-refractivity contribution is -0.0471. The molecule has 5 nitrogen and oxygen atoms in total. The number of alkyl halides is 2. The molecule has 0 unspecified atom stereocenters. The minimum Gasteiger partial charge on any atom is -0.478 e. The molecule has 0 saturated heterocycles. The molecule has 1 N–H and O–H groups in total. The van der Waals surface area contributed by atoms with Gasteiger partial charge in [-0.1, -0.05) is 0 Å². The summed E-state index contributed by atoms with van der Waals surface area (Å²) >= 11 is 0. The van der Waals surface area contributed by atoms with Gasteiger partial charge in [-0.3, -0.25) is 4.68 Å². The van der Waals surface area contributed by atoms with Gasteiger partial charge in [-0.2, -0.15) is 5.10 Å². The molecule has 0 spiro atoms. The number of carboxylic acids is 1. The quantitative estimate of drug-likeness (QED) is 0.777. The van der Waals surface area contributed by atoms with Crippen LogP contribution >= 0.6 is 0 Å². The number of benzene rings is 1. The second kappa shape index (κ2) is 5.54. The molecule has 0 bridgehead atoms. The summed E-state index contributed by atoms with van der Waals surface area (Å²) in [5.74, 6) is -3.33. The maximum atomic E-state index is 13.4. The summed E-state index contributed by atoms with van der Waals surface area (Å²) in [5, 5.41) is 15.5. The van der Waals surface area contributed by atoms with Gasteiger partial charge >= 0.3 is 5.97 Å². The van der Waals surface area contributed by atoms with E-state index in [4.69, 9.17) is 0 Å². The average Bonchev–Trinajstić information content (AvgIpc) is 3.06. The van der Waals surface area contributed by atoms with E-state index in [2.05, 4.69) is 5.10 Å². The number of aryl methyl sites for hydroxylation is 1. The molecule has 7 heteroatoms. The van der Waals surface area contributed by atoms with E-state index >= 15 is 0 Å². The largest absolute Gasteiger partial charge is 0.478 e. The highest BCUT2D eigenvalue weighted by Gasteiger charge is 2.35. The summed E-state index contributed by atoms with van der Waals surface area (Å²) in [4.78, 5) is 11.3. The van der Waals surface area contributed by atoms with Gasteiger partial charge in [0.25, 0.3) is 0 Å². The van der Waals surface area contributed by atoms with Crippen molar-refractivity contribution in [3.8, 4) is 0 Å². The molecule has 132 valence electrons. The van der Waals surface area contributed by atoms with Crippen LogP contribution in [0.15, 0.2) is 24.4 Å². The van der Waals surface area contributed by atoms with Crippen LogP contribution in [0.4, 0.5) is 8.78 Å². The van der Waals surface area contributed by atoms with Crippen LogP contribution in [0.1, 0.15) is 36.0 Å². The fourth-order valence-corrected chi connectivity index (χ4v) is 3.83. The number of carbonyl (C=O) groups is 1. The molecule has 2 aromatic heterocycles. The van der Waals surface area contributed by atoms with Crippen LogP contribution in [0, 0.1) is 5.92 Å². The van der Waals surface area contributed by atoms with E-state index in [1.165, 1.54) is 0 Å². The van der Waals surface area contributed by atoms with Gasteiger partial charge in [0.1, 0.15) is 0 Å². The third-order valence-electron chi connectivity index (χ3n) is 5.17. The topological polar surface area (TPSA) is 60.1 Å². The summed E-state index contributed by atoms with van der Waals surface area (Å²) in [6.45, 7) is 0.625. The molecule has 1 aliphatic rings. The molecule has 0 aliphatic heterocycles. The minimum absolute atomic E-state index is 0.0641. The Morgan fingerprint density at radius 3 is 2.72 bits per heavy atom. The van der Waals surface area contributed by atoms with Crippen LogP contribution in [-0.2, 0) is 13.6 Å². The fourth-order valence-electron chi connectivity index (χ4n) is 3.83. The molecule has 2 heterocycles. The predicted molar refractivity (Wildman–Crippen MR) is 90.1 cm³/mol. The van der Waals surface area contributed by atoms with Crippen molar-refractivity contribution in [3.63, 3.8) is 0 Å². The number of rotatable bonds is 3. The normalized spacial score (nSPS) is 18.2. The Bertz CT molecular complexity index is 964. The molecule has 1 fully saturated rings. The van der Waals surface area contributed by atoms with E-state index in [-0.39, 0.29) is 24.3 Å². The van der Waals surface area contributed by atoms with Crippen LogP contribution in [-0.4, -0.2) is 31.3 Å². The van der Waals surface area contributed by atoms with Crippen LogP contribution in [0.25, 0.3) is 21.9 Å². The van der Waals surface area contributed by atoms with Gasteiger partial charge in [0.05, 0.1) is 11.1 Å². The first-order valence-electron chi connectivity index (χ1n) is 8.41. The Labute approximate surface area is 142 Å². The first-order chi connectivity index (χ1) is 11.8. The number of aromatic nitrogens is 3. The summed E-state index contributed by atoms with van der Waals surface area (Å²) in [6, 6.07) is 5.03. The predicted octanol–water partition coefficient (Wildman–Crippen LogP) is 4.05. The van der Waals surface area contributed by atoms with Crippen LogP contribution < -0.4 is 0 Å². The number of fused-ring (bicyclic) bond motifs is 3. The van der Waals surface area contributed by atoms with E-state index < -0.39 is 11.9 Å². The molecular formula is C18H19F2N3O2. The monoisotopic (exact) mass is 347 g/mol. The van der Waals surface area contributed by atoms with Crippen molar-refractivity contribution in [1.82, 2.24) is 14.3 Å². The molecule has 3 aromatic rings. The van der Waals surface area contributed by atoms with Crippen molar-refractivity contribution in [2.45, 2.75) is 38.2 Å². The maximum absolute atomic E-state index is 13.4. The van der Waals surface area contributed by atoms with E-state index in [0.717, 1.165) is 21.9 Å². The lowest BCUT2D eigenvalue weighted by Crippen LogP contribution is -2.26. The summed E-state index contributed by atoms with van der Waals surface area (Å²) < 4.78 is 30.6. The molecule has 0 atom stereocenters. The first kappa shape index (κ1) is 16.1. The second-order valence-corrected chi connectivity index (χ2v) is 6.99. The zero-order valence-electron chi connectivity index (χ0n) is 13.9. The molecule has 25 heavy (non-hydrogen) atoms. The number of aromatic carboxylic acids is 1. The highest BCUT2D eigenvalue weighted by atomic mass is 19.3. The number of halogens is 2. The molecule has 1 aromatic carbocycles. The van der Waals surface area contributed by atoms with Crippen LogP contribution in [0.2, 0.25) is 0 Å². The Kier molecular flexibility index (Phi) is 3.56. The lowest BCUT2D eigenvalue weighted by atomic mass is 9.87. The first-order valence-corrected chi connectivity index (χ1v) is 8.41. The Balaban J connectivity index is 1.77. The van der Waals surface area contributed by atoms with Crippen molar-refractivity contribution in [2.75, 3.05) is 0 Å². The second-order valence-electron chi connectivity index (χ2n) is 6.99. The lowest BCUT2D eigenvalue weighted by Gasteiger charge is -2.28. The van der Waals surface area contributed by atoms with Gasteiger partial charge in [-0.25, -0.2) is 13.6 Å². The molecule has 0 radical (unpaired) electrons. The van der Waals surface area contributed by atoms with Gasteiger partial charge in [0.15, 0.2) is 5.65 Å². The SMILES string of the molecule is Cn1cc2c3cc(C(=O)O)ccc3n(CC3CCC(F)(F)CC3)c2n1. The Morgan fingerprint density at radius 2 is 2.04 bits per heavy atom. The van der Waals surface area contributed by atoms with Crippen LogP contribution in [0.3, 0.4) is 0 Å². The van der Waals surface area contributed by atoms with Crippen molar-refractivity contribution < 1.29 is 18.7 Å². The zero-order valence-corrected chi connectivity index (χ0v) is 13.9. The third kappa shape index (κ3) is 2.77. The van der Waals surface area contributed by atoms with Crippen molar-refractivity contribution in [3.05, 3.63) is 30.0 Å².